The van der Waals surface area contributed by atoms with Crippen LogP contribution in [0.5, 0.6) is 5.75 Å². The van der Waals surface area contributed by atoms with Crippen LogP contribution in [0.3, 0.4) is 0 Å². The molecule has 0 amide bonds. The molecule has 18 heavy (non-hydrogen) atoms. The largest absolute Gasteiger partial charge is 0.496 e. The van der Waals surface area contributed by atoms with Crippen LogP contribution in [0.1, 0.15) is 35.2 Å². The molecule has 0 aliphatic carbocycles. The Morgan fingerprint density at radius 3 is 2.50 bits per heavy atom. The number of aromatic amines is 1. The van der Waals surface area contributed by atoms with Crippen molar-refractivity contribution in [2.24, 2.45) is 0 Å². The maximum absolute atomic E-state index is 5.33. The molecule has 1 aromatic carbocycles. The molecule has 0 fully saturated rings. The molecule has 1 N–H and O–H groups in total. The molecule has 98 valence electrons. The molecule has 0 saturated heterocycles. The van der Waals surface area contributed by atoms with Gasteiger partial charge in [0, 0.05) is 12.1 Å². The first-order valence-corrected chi connectivity index (χ1v) is 5.78. The highest BCUT2D eigenvalue weighted by Gasteiger charge is 2.15. The molecule has 0 saturated carbocycles. The molecule has 0 aliphatic rings. The van der Waals surface area contributed by atoms with Crippen LogP contribution in [0, 0.1) is 13.8 Å². The highest BCUT2D eigenvalue weighted by molar-refractivity contribution is 5.85. The van der Waals surface area contributed by atoms with Crippen molar-refractivity contribution >= 4 is 12.4 Å². The number of ether oxygens (including phenoxy) is 1. The predicted octanol–water partition coefficient (Wildman–Crippen LogP) is 3.61. The SMILES string of the molecule is COc1ccc(C(C)c2c[nH]cn2)c(C)c1C.Cl. The molecular weight excluding hydrogens is 248 g/mol. The van der Waals surface area contributed by atoms with Gasteiger partial charge in [-0.25, -0.2) is 4.98 Å². The Morgan fingerprint density at radius 1 is 1.22 bits per heavy atom. The van der Waals surface area contributed by atoms with Gasteiger partial charge in [0.25, 0.3) is 0 Å². The molecule has 0 bridgehead atoms. The van der Waals surface area contributed by atoms with Gasteiger partial charge < -0.3 is 9.72 Å². The summed E-state index contributed by atoms with van der Waals surface area (Å²) in [6.45, 7) is 6.40. The van der Waals surface area contributed by atoms with E-state index in [1.54, 1.807) is 13.4 Å². The van der Waals surface area contributed by atoms with Gasteiger partial charge in [-0.05, 0) is 36.6 Å². The second-order valence-corrected chi connectivity index (χ2v) is 4.32. The first-order chi connectivity index (χ1) is 8.15. The average molecular weight is 267 g/mol. The predicted molar refractivity (Wildman–Crippen MR) is 75.8 cm³/mol. The van der Waals surface area contributed by atoms with E-state index in [1.165, 1.54) is 16.7 Å². The number of rotatable bonds is 3. The van der Waals surface area contributed by atoms with E-state index in [4.69, 9.17) is 4.74 Å². The number of hydrogen-bond acceptors (Lipinski definition) is 2. The van der Waals surface area contributed by atoms with Gasteiger partial charge in [-0.2, -0.15) is 0 Å². The number of hydrogen-bond donors (Lipinski definition) is 1. The number of nitrogens with one attached hydrogen (secondary N) is 1. The Kier molecular flexibility index (Phi) is 4.79. The molecule has 0 spiro atoms. The maximum Gasteiger partial charge on any atom is 0.122 e. The van der Waals surface area contributed by atoms with Crippen molar-refractivity contribution in [2.75, 3.05) is 7.11 Å². The van der Waals surface area contributed by atoms with Crippen LogP contribution >= 0.6 is 12.4 Å². The average Bonchev–Trinajstić information content (AvgIpc) is 2.85. The van der Waals surface area contributed by atoms with Gasteiger partial charge in [-0.3, -0.25) is 0 Å². The number of nitrogens with zero attached hydrogens (tertiary/aromatic N) is 1. The zero-order chi connectivity index (χ0) is 12.4. The first kappa shape index (κ1) is 14.6. The first-order valence-electron chi connectivity index (χ1n) is 5.78. The van der Waals surface area contributed by atoms with Crippen LogP contribution in [0.25, 0.3) is 0 Å². The summed E-state index contributed by atoms with van der Waals surface area (Å²) in [7, 11) is 1.71. The number of methoxy groups -OCH3 is 1. The van der Waals surface area contributed by atoms with Gasteiger partial charge in [-0.1, -0.05) is 13.0 Å². The fraction of sp³-hybridized carbons (Fsp3) is 0.357. The Morgan fingerprint density at radius 2 is 1.94 bits per heavy atom. The van der Waals surface area contributed by atoms with Crippen molar-refractivity contribution in [3.8, 4) is 5.75 Å². The molecule has 0 aliphatic heterocycles. The summed E-state index contributed by atoms with van der Waals surface area (Å²) in [6.07, 6.45) is 3.67. The third-order valence-electron chi connectivity index (χ3n) is 3.43. The highest BCUT2D eigenvalue weighted by Crippen LogP contribution is 2.31. The van der Waals surface area contributed by atoms with E-state index in [1.807, 2.05) is 12.3 Å². The quantitative estimate of drug-likeness (QED) is 0.922. The molecule has 3 nitrogen and oxygen atoms in total. The van der Waals surface area contributed by atoms with E-state index >= 15 is 0 Å². The summed E-state index contributed by atoms with van der Waals surface area (Å²) in [5.41, 5.74) is 4.85. The lowest BCUT2D eigenvalue weighted by atomic mass is 9.91. The molecule has 2 aromatic rings. The van der Waals surface area contributed by atoms with E-state index in [2.05, 4.69) is 36.8 Å². The lowest BCUT2D eigenvalue weighted by Crippen LogP contribution is -2.02. The van der Waals surface area contributed by atoms with Crippen molar-refractivity contribution in [3.63, 3.8) is 0 Å². The van der Waals surface area contributed by atoms with Crippen LogP contribution in [0.15, 0.2) is 24.7 Å². The van der Waals surface area contributed by atoms with Crippen LogP contribution in [-0.4, -0.2) is 17.1 Å². The summed E-state index contributed by atoms with van der Waals surface area (Å²) in [4.78, 5) is 7.32. The van der Waals surface area contributed by atoms with Crippen molar-refractivity contribution < 1.29 is 4.74 Å². The van der Waals surface area contributed by atoms with E-state index in [0.29, 0.717) is 5.92 Å². The summed E-state index contributed by atoms with van der Waals surface area (Å²) in [5, 5.41) is 0. The number of aromatic nitrogens is 2. The normalized spacial score (nSPS) is 11.8. The Bertz CT molecular complexity index is 509. The standard InChI is InChI=1S/C14H18N2O.ClH/c1-9-10(2)14(17-4)6-5-12(9)11(3)13-7-15-8-16-13;/h5-8,11H,1-4H3,(H,15,16);1H. The smallest absolute Gasteiger partial charge is 0.122 e. The molecule has 1 atom stereocenters. The van der Waals surface area contributed by atoms with Crippen LogP contribution < -0.4 is 4.74 Å². The minimum absolute atomic E-state index is 0. The van der Waals surface area contributed by atoms with E-state index in [9.17, 15) is 0 Å². The summed E-state index contributed by atoms with van der Waals surface area (Å²) in [6, 6.07) is 4.15. The van der Waals surface area contributed by atoms with Crippen LogP contribution in [0.2, 0.25) is 0 Å². The van der Waals surface area contributed by atoms with Gasteiger partial charge in [0.1, 0.15) is 5.75 Å². The highest BCUT2D eigenvalue weighted by atomic mass is 35.5. The summed E-state index contributed by atoms with van der Waals surface area (Å²) < 4.78 is 5.33. The monoisotopic (exact) mass is 266 g/mol. The molecular formula is C14H19ClN2O. The van der Waals surface area contributed by atoms with Crippen molar-refractivity contribution in [2.45, 2.75) is 26.7 Å². The maximum atomic E-state index is 5.33. The molecule has 0 radical (unpaired) electrons. The lowest BCUT2D eigenvalue weighted by Gasteiger charge is -2.16. The zero-order valence-corrected chi connectivity index (χ0v) is 12.0. The topological polar surface area (TPSA) is 37.9 Å². The number of benzene rings is 1. The van der Waals surface area contributed by atoms with E-state index in [-0.39, 0.29) is 12.4 Å². The van der Waals surface area contributed by atoms with Gasteiger partial charge in [0.15, 0.2) is 0 Å². The fourth-order valence-electron chi connectivity index (χ4n) is 2.17. The molecule has 1 unspecified atom stereocenters. The molecule has 1 aromatic heterocycles. The summed E-state index contributed by atoms with van der Waals surface area (Å²) in [5.74, 6) is 1.24. The van der Waals surface area contributed by atoms with Crippen LogP contribution in [-0.2, 0) is 0 Å². The number of H-pyrrole nitrogens is 1. The zero-order valence-electron chi connectivity index (χ0n) is 11.2. The van der Waals surface area contributed by atoms with E-state index < -0.39 is 0 Å². The van der Waals surface area contributed by atoms with Gasteiger partial charge in [0.05, 0.1) is 19.1 Å². The number of imidazole rings is 1. The van der Waals surface area contributed by atoms with Crippen LogP contribution in [0.4, 0.5) is 0 Å². The van der Waals surface area contributed by atoms with Crippen molar-refractivity contribution in [1.82, 2.24) is 9.97 Å². The number of halogens is 1. The second-order valence-electron chi connectivity index (χ2n) is 4.32. The molecule has 2 rings (SSSR count). The molecule has 4 heteroatoms. The van der Waals surface area contributed by atoms with Gasteiger partial charge >= 0.3 is 0 Å². The van der Waals surface area contributed by atoms with Crippen molar-refractivity contribution in [3.05, 3.63) is 47.0 Å². The third kappa shape index (κ3) is 2.51. The van der Waals surface area contributed by atoms with Gasteiger partial charge in [-0.15, -0.1) is 12.4 Å². The summed E-state index contributed by atoms with van der Waals surface area (Å²) >= 11 is 0. The third-order valence-corrected chi connectivity index (χ3v) is 3.43. The minimum atomic E-state index is 0. The Labute approximate surface area is 114 Å². The van der Waals surface area contributed by atoms with Gasteiger partial charge in [0.2, 0.25) is 0 Å². The Hall–Kier alpha value is -1.48. The van der Waals surface area contributed by atoms with Crippen molar-refractivity contribution in [1.29, 1.82) is 0 Å². The van der Waals surface area contributed by atoms with E-state index in [0.717, 1.165) is 11.4 Å². The molecule has 1 heterocycles. The fourth-order valence-corrected chi connectivity index (χ4v) is 2.17. The second kappa shape index (κ2) is 5.91. The minimum Gasteiger partial charge on any atom is -0.496 e. The Balaban J connectivity index is 0.00000162. The lowest BCUT2D eigenvalue weighted by molar-refractivity contribution is 0.411.